The number of rotatable bonds is 5. The summed E-state index contributed by atoms with van der Waals surface area (Å²) in [6, 6.07) is 11.1. The number of carbonyl (C=O) groups is 1. The van der Waals surface area contributed by atoms with Gasteiger partial charge in [-0.1, -0.05) is 12.1 Å². The third-order valence-corrected chi connectivity index (χ3v) is 6.00. The summed E-state index contributed by atoms with van der Waals surface area (Å²) >= 11 is 0. The van der Waals surface area contributed by atoms with E-state index in [0.29, 0.717) is 30.0 Å². The summed E-state index contributed by atoms with van der Waals surface area (Å²) in [4.78, 5) is 15.6. The predicted molar refractivity (Wildman–Crippen MR) is 93.2 cm³/mol. The molecule has 7 nitrogen and oxygen atoms in total. The molecule has 0 amide bonds. The lowest BCUT2D eigenvalue weighted by atomic mass is 10.2. The van der Waals surface area contributed by atoms with Gasteiger partial charge in [0.2, 0.25) is 15.9 Å². The topological polar surface area (TPSA) is 100 Å². The molecule has 3 rings (SSSR count). The number of aromatic nitrogens is 1. The Morgan fingerprint density at radius 2 is 2.15 bits per heavy atom. The van der Waals surface area contributed by atoms with Crippen molar-refractivity contribution in [3.05, 3.63) is 53.7 Å². The molecule has 0 saturated carbocycles. The second-order valence-electron chi connectivity index (χ2n) is 5.97. The van der Waals surface area contributed by atoms with Gasteiger partial charge in [0, 0.05) is 24.4 Å². The van der Waals surface area contributed by atoms with Crippen LogP contribution < -0.4 is 4.74 Å². The van der Waals surface area contributed by atoms with E-state index in [-0.39, 0.29) is 23.3 Å². The van der Waals surface area contributed by atoms with Gasteiger partial charge < -0.3 is 4.74 Å². The Labute approximate surface area is 151 Å². The van der Waals surface area contributed by atoms with Crippen molar-refractivity contribution < 1.29 is 17.9 Å². The van der Waals surface area contributed by atoms with Crippen LogP contribution in [0.5, 0.6) is 5.88 Å². The zero-order valence-corrected chi connectivity index (χ0v) is 14.9. The summed E-state index contributed by atoms with van der Waals surface area (Å²) in [5.74, 6) is 0.111. The molecule has 1 unspecified atom stereocenters. The predicted octanol–water partition coefficient (Wildman–Crippen LogP) is 2.00. The van der Waals surface area contributed by atoms with E-state index in [2.05, 4.69) is 4.98 Å². The van der Waals surface area contributed by atoms with Gasteiger partial charge in [0.15, 0.2) is 5.78 Å². The lowest BCUT2D eigenvalue weighted by molar-refractivity contribution is 0.101. The van der Waals surface area contributed by atoms with E-state index in [1.165, 1.54) is 35.6 Å². The van der Waals surface area contributed by atoms with Gasteiger partial charge in [-0.05, 0) is 31.5 Å². The Balaban J connectivity index is 1.74. The highest BCUT2D eigenvalue weighted by molar-refractivity contribution is 7.89. The largest absolute Gasteiger partial charge is 0.473 e. The van der Waals surface area contributed by atoms with Crippen molar-refractivity contribution in [2.45, 2.75) is 24.3 Å². The number of sulfonamides is 1. The van der Waals surface area contributed by atoms with Crippen molar-refractivity contribution >= 4 is 15.8 Å². The molecule has 1 saturated heterocycles. The molecule has 0 radical (unpaired) electrons. The average molecular weight is 371 g/mol. The van der Waals surface area contributed by atoms with Crippen molar-refractivity contribution in [1.29, 1.82) is 5.26 Å². The van der Waals surface area contributed by atoms with Gasteiger partial charge >= 0.3 is 0 Å². The molecular formula is C18H17N3O4S. The smallest absolute Gasteiger partial charge is 0.243 e. The third kappa shape index (κ3) is 3.74. The first kappa shape index (κ1) is 18.0. The quantitative estimate of drug-likeness (QED) is 0.745. The maximum Gasteiger partial charge on any atom is 0.243 e. The third-order valence-electron chi connectivity index (χ3n) is 4.14. The van der Waals surface area contributed by atoms with E-state index in [0.717, 1.165) is 0 Å². The molecule has 0 aliphatic carbocycles. The summed E-state index contributed by atoms with van der Waals surface area (Å²) in [5, 5.41) is 8.91. The minimum absolute atomic E-state index is 0.0930. The minimum atomic E-state index is -3.70. The Morgan fingerprint density at radius 1 is 1.35 bits per heavy atom. The number of nitrogens with zero attached hydrogens (tertiary/aromatic N) is 3. The van der Waals surface area contributed by atoms with Gasteiger partial charge in [-0.2, -0.15) is 9.57 Å². The maximum absolute atomic E-state index is 12.8. The van der Waals surface area contributed by atoms with Crippen LogP contribution in [-0.4, -0.2) is 42.7 Å². The molecule has 0 N–H and O–H groups in total. The first-order valence-electron chi connectivity index (χ1n) is 8.04. The first-order chi connectivity index (χ1) is 12.4. The Bertz CT molecular complexity index is 982. The number of carbonyl (C=O) groups excluding carboxylic acids is 1. The van der Waals surface area contributed by atoms with Gasteiger partial charge in [-0.3, -0.25) is 4.79 Å². The van der Waals surface area contributed by atoms with Crippen molar-refractivity contribution in [1.82, 2.24) is 9.29 Å². The molecule has 8 heteroatoms. The Morgan fingerprint density at radius 3 is 2.88 bits per heavy atom. The van der Waals surface area contributed by atoms with Crippen LogP contribution in [0.3, 0.4) is 0 Å². The van der Waals surface area contributed by atoms with Crippen LogP contribution >= 0.6 is 0 Å². The van der Waals surface area contributed by atoms with Crippen molar-refractivity contribution in [2.24, 2.45) is 0 Å². The van der Waals surface area contributed by atoms with Crippen molar-refractivity contribution in [3.63, 3.8) is 0 Å². The van der Waals surface area contributed by atoms with Crippen LogP contribution in [0.1, 0.15) is 29.3 Å². The zero-order chi connectivity index (χ0) is 18.7. The number of pyridine rings is 1. The summed E-state index contributed by atoms with van der Waals surface area (Å²) < 4.78 is 32.7. The molecule has 1 aliphatic rings. The highest BCUT2D eigenvalue weighted by Crippen LogP contribution is 2.24. The van der Waals surface area contributed by atoms with Crippen LogP contribution in [0.25, 0.3) is 0 Å². The minimum Gasteiger partial charge on any atom is -0.473 e. The van der Waals surface area contributed by atoms with E-state index in [1.807, 2.05) is 6.07 Å². The fourth-order valence-corrected chi connectivity index (χ4v) is 4.28. The van der Waals surface area contributed by atoms with Crippen LogP contribution in [0.4, 0.5) is 0 Å². The molecule has 134 valence electrons. The standard InChI is InChI=1S/C18H17N3O4S/c1-13(22)15-3-2-4-17(10-15)26(23,24)21-8-6-16(12-21)25-18-9-14(11-19)5-7-20-18/h2-5,7,9-10,16H,6,8,12H2,1H3. The molecule has 0 spiro atoms. The SMILES string of the molecule is CC(=O)c1cccc(S(=O)(=O)N2CCC(Oc3cc(C#N)ccn3)C2)c1. The fraction of sp³-hybridized carbons (Fsp3) is 0.278. The van der Waals surface area contributed by atoms with Gasteiger partial charge in [0.25, 0.3) is 0 Å². The molecule has 1 aliphatic heterocycles. The van der Waals surface area contributed by atoms with E-state index in [4.69, 9.17) is 10.00 Å². The second kappa shape index (κ2) is 7.23. The number of ketones is 1. The van der Waals surface area contributed by atoms with Crippen LogP contribution in [0, 0.1) is 11.3 Å². The normalized spacial score (nSPS) is 17.6. The number of ether oxygens (including phenoxy) is 1. The molecule has 0 bridgehead atoms. The zero-order valence-electron chi connectivity index (χ0n) is 14.1. The maximum atomic E-state index is 12.8. The van der Waals surface area contributed by atoms with E-state index in [9.17, 15) is 13.2 Å². The van der Waals surface area contributed by atoms with Gasteiger partial charge in [-0.25, -0.2) is 13.4 Å². The van der Waals surface area contributed by atoms with Crippen LogP contribution in [-0.2, 0) is 10.0 Å². The second-order valence-corrected chi connectivity index (χ2v) is 7.91. The van der Waals surface area contributed by atoms with Crippen molar-refractivity contribution in [2.75, 3.05) is 13.1 Å². The number of benzene rings is 1. The number of hydrogen-bond acceptors (Lipinski definition) is 6. The summed E-state index contributed by atoms with van der Waals surface area (Å²) in [6.07, 6.45) is 1.65. The molecule has 1 fully saturated rings. The summed E-state index contributed by atoms with van der Waals surface area (Å²) in [6.45, 7) is 1.90. The number of nitriles is 1. The lowest BCUT2D eigenvalue weighted by Crippen LogP contribution is -2.31. The van der Waals surface area contributed by atoms with Gasteiger partial charge in [-0.15, -0.1) is 0 Å². The van der Waals surface area contributed by atoms with Crippen LogP contribution in [0.15, 0.2) is 47.5 Å². The molecule has 1 atom stereocenters. The van der Waals surface area contributed by atoms with Gasteiger partial charge in [0.05, 0.1) is 23.1 Å². The molecule has 26 heavy (non-hydrogen) atoms. The van der Waals surface area contributed by atoms with Gasteiger partial charge in [0.1, 0.15) is 6.10 Å². The lowest BCUT2D eigenvalue weighted by Gasteiger charge is -2.17. The molecule has 2 aromatic rings. The fourth-order valence-electron chi connectivity index (χ4n) is 2.75. The van der Waals surface area contributed by atoms with E-state index < -0.39 is 10.0 Å². The highest BCUT2D eigenvalue weighted by Gasteiger charge is 2.34. The summed E-state index contributed by atoms with van der Waals surface area (Å²) in [7, 11) is -3.70. The average Bonchev–Trinajstić information content (AvgIpc) is 3.11. The molecule has 2 heterocycles. The van der Waals surface area contributed by atoms with E-state index >= 15 is 0 Å². The van der Waals surface area contributed by atoms with Crippen molar-refractivity contribution in [3.8, 4) is 11.9 Å². The van der Waals surface area contributed by atoms with Crippen LogP contribution in [0.2, 0.25) is 0 Å². The monoisotopic (exact) mass is 371 g/mol. The van der Waals surface area contributed by atoms with E-state index in [1.54, 1.807) is 18.2 Å². The summed E-state index contributed by atoms with van der Waals surface area (Å²) in [5.41, 5.74) is 0.786. The molecule has 1 aromatic heterocycles. The Kier molecular flexibility index (Phi) is 5.02. The Hall–Kier alpha value is -2.76. The number of Topliss-reactive ketones (excluding diaryl/α,β-unsaturated/α-hetero) is 1. The first-order valence-corrected chi connectivity index (χ1v) is 9.48. The molecule has 1 aromatic carbocycles. The number of hydrogen-bond donors (Lipinski definition) is 0. The molecular weight excluding hydrogens is 354 g/mol. The highest BCUT2D eigenvalue weighted by atomic mass is 32.2.